The third-order valence-corrected chi connectivity index (χ3v) is 5.00. The van der Waals surface area contributed by atoms with E-state index in [1.165, 1.54) is 0 Å². The molecule has 0 bridgehead atoms. The van der Waals surface area contributed by atoms with E-state index in [0.29, 0.717) is 23.0 Å². The van der Waals surface area contributed by atoms with Crippen LogP contribution in [0.3, 0.4) is 0 Å². The minimum absolute atomic E-state index is 0.152. The summed E-state index contributed by atoms with van der Waals surface area (Å²) in [6.45, 7) is 2.17. The summed E-state index contributed by atoms with van der Waals surface area (Å²) in [7, 11) is 0. The maximum atomic E-state index is 12.4. The van der Waals surface area contributed by atoms with Crippen LogP contribution in [0.4, 0.5) is 5.69 Å². The quantitative estimate of drug-likeness (QED) is 0.456. The van der Waals surface area contributed by atoms with E-state index in [1.807, 2.05) is 49.4 Å². The van der Waals surface area contributed by atoms with Gasteiger partial charge in [-0.3, -0.25) is 10.1 Å². The first kappa shape index (κ1) is 19.1. The van der Waals surface area contributed by atoms with Crippen LogP contribution in [0.15, 0.2) is 65.1 Å². The highest BCUT2D eigenvalue weighted by Crippen LogP contribution is 2.32. The van der Waals surface area contributed by atoms with Gasteiger partial charge in [-0.2, -0.15) is 0 Å². The number of ether oxygens (including phenoxy) is 2. The molecule has 8 heteroatoms. The molecule has 4 aromatic rings. The maximum absolute atomic E-state index is 12.4. The lowest BCUT2D eigenvalue weighted by Crippen LogP contribution is -2.34. The van der Waals surface area contributed by atoms with Crippen LogP contribution in [0.5, 0.6) is 11.5 Å². The van der Waals surface area contributed by atoms with E-state index in [0.717, 1.165) is 27.9 Å². The van der Waals surface area contributed by atoms with Gasteiger partial charge >= 0.3 is 0 Å². The lowest BCUT2D eigenvalue weighted by molar-refractivity contribution is 0.0977. The van der Waals surface area contributed by atoms with E-state index >= 15 is 0 Å². The fraction of sp³-hybridized carbons (Fsp3) is 0.0870. The molecule has 0 radical (unpaired) electrons. The molecular formula is C23H17N3O4S. The van der Waals surface area contributed by atoms with Crippen molar-refractivity contribution in [2.75, 3.05) is 12.1 Å². The second-order valence-electron chi connectivity index (χ2n) is 7.04. The van der Waals surface area contributed by atoms with Crippen molar-refractivity contribution in [2.45, 2.75) is 6.92 Å². The third-order valence-electron chi connectivity index (χ3n) is 4.79. The number of hydrogen-bond donors (Lipinski definition) is 2. The van der Waals surface area contributed by atoms with Gasteiger partial charge in [0.2, 0.25) is 12.7 Å². The number of fused-ring (bicyclic) bond motifs is 2. The molecule has 0 spiro atoms. The predicted molar refractivity (Wildman–Crippen MR) is 120 cm³/mol. The van der Waals surface area contributed by atoms with E-state index in [1.54, 1.807) is 18.2 Å². The number of nitrogens with one attached hydrogen (secondary N) is 2. The zero-order chi connectivity index (χ0) is 21.4. The minimum atomic E-state index is -0.339. The Kier molecular flexibility index (Phi) is 4.76. The van der Waals surface area contributed by atoms with Crippen molar-refractivity contribution in [3.63, 3.8) is 0 Å². The second-order valence-corrected chi connectivity index (χ2v) is 7.45. The molecule has 7 nitrogen and oxygen atoms in total. The standard InChI is InChI=1S/C23H17N3O4S/c1-13-2-8-18-17(10-13)25-22(30-18)14-3-6-16(7-4-14)24-23(31)26-21(27)15-5-9-19-20(11-15)29-12-28-19/h2-11H,12H2,1H3,(H2,24,26,27,31). The van der Waals surface area contributed by atoms with Gasteiger partial charge in [0.05, 0.1) is 0 Å². The first-order valence-corrected chi connectivity index (χ1v) is 9.95. The van der Waals surface area contributed by atoms with E-state index in [9.17, 15) is 4.79 Å². The van der Waals surface area contributed by atoms with Crippen molar-refractivity contribution in [2.24, 2.45) is 0 Å². The number of hydrogen-bond acceptors (Lipinski definition) is 6. The Bertz CT molecular complexity index is 1310. The summed E-state index contributed by atoms with van der Waals surface area (Å²) in [5.41, 5.74) is 4.69. The zero-order valence-electron chi connectivity index (χ0n) is 16.5. The molecule has 154 valence electrons. The van der Waals surface area contributed by atoms with Gasteiger partial charge in [-0.05, 0) is 79.3 Å². The van der Waals surface area contributed by atoms with Gasteiger partial charge < -0.3 is 19.2 Å². The summed E-state index contributed by atoms with van der Waals surface area (Å²) in [6, 6.07) is 18.3. The number of benzene rings is 3. The molecule has 0 atom stereocenters. The Labute approximate surface area is 183 Å². The van der Waals surface area contributed by atoms with Crippen LogP contribution in [-0.2, 0) is 0 Å². The Morgan fingerprint density at radius 2 is 1.81 bits per heavy atom. The van der Waals surface area contributed by atoms with Crippen LogP contribution in [-0.4, -0.2) is 22.8 Å². The number of aromatic nitrogens is 1. The predicted octanol–water partition coefficient (Wildman–Crippen LogP) is 4.66. The number of rotatable bonds is 3. The van der Waals surface area contributed by atoms with Crippen molar-refractivity contribution in [3.05, 3.63) is 71.8 Å². The van der Waals surface area contributed by atoms with Crippen LogP contribution in [0.2, 0.25) is 0 Å². The van der Waals surface area contributed by atoms with E-state index in [2.05, 4.69) is 15.6 Å². The van der Waals surface area contributed by atoms with E-state index in [-0.39, 0.29) is 17.8 Å². The van der Waals surface area contributed by atoms with Gasteiger partial charge in [-0.1, -0.05) is 6.07 Å². The number of oxazole rings is 1. The normalized spacial score (nSPS) is 12.0. The van der Waals surface area contributed by atoms with Gasteiger partial charge in [0, 0.05) is 16.8 Å². The Balaban J connectivity index is 1.24. The maximum Gasteiger partial charge on any atom is 0.257 e. The average molecular weight is 431 g/mol. The molecule has 5 rings (SSSR count). The van der Waals surface area contributed by atoms with Gasteiger partial charge in [0.1, 0.15) is 5.52 Å². The van der Waals surface area contributed by atoms with Crippen molar-refractivity contribution in [3.8, 4) is 23.0 Å². The second kappa shape index (κ2) is 7.73. The number of amides is 1. The van der Waals surface area contributed by atoms with Crippen LogP contribution < -0.4 is 20.1 Å². The van der Waals surface area contributed by atoms with Gasteiger partial charge in [0.25, 0.3) is 5.91 Å². The van der Waals surface area contributed by atoms with Crippen LogP contribution in [0.1, 0.15) is 15.9 Å². The SMILES string of the molecule is Cc1ccc2oc(-c3ccc(NC(=S)NC(=O)c4ccc5c(c4)OCO5)cc3)nc2c1. The van der Waals surface area contributed by atoms with Crippen molar-refractivity contribution in [1.29, 1.82) is 0 Å². The molecule has 1 amide bonds. The van der Waals surface area contributed by atoms with Crippen LogP contribution >= 0.6 is 12.2 Å². The summed E-state index contributed by atoms with van der Waals surface area (Å²) in [5, 5.41) is 5.85. The molecule has 2 heterocycles. The highest BCUT2D eigenvalue weighted by atomic mass is 32.1. The monoisotopic (exact) mass is 431 g/mol. The first-order chi connectivity index (χ1) is 15.0. The average Bonchev–Trinajstić information content (AvgIpc) is 3.40. The molecular weight excluding hydrogens is 414 g/mol. The van der Waals surface area contributed by atoms with Gasteiger partial charge in [-0.25, -0.2) is 4.98 Å². The fourth-order valence-electron chi connectivity index (χ4n) is 3.23. The molecule has 2 N–H and O–H groups in total. The van der Waals surface area contributed by atoms with Crippen LogP contribution in [0.25, 0.3) is 22.6 Å². The number of carbonyl (C=O) groups is 1. The topological polar surface area (TPSA) is 85.6 Å². The lowest BCUT2D eigenvalue weighted by Gasteiger charge is -2.10. The van der Waals surface area contributed by atoms with Gasteiger partial charge in [-0.15, -0.1) is 0 Å². The Morgan fingerprint density at radius 1 is 1.00 bits per heavy atom. The highest BCUT2D eigenvalue weighted by Gasteiger charge is 2.17. The molecule has 3 aromatic carbocycles. The fourth-order valence-corrected chi connectivity index (χ4v) is 3.44. The summed E-state index contributed by atoms with van der Waals surface area (Å²) in [4.78, 5) is 17.0. The molecule has 1 aromatic heterocycles. The number of thiocarbonyl (C=S) groups is 1. The molecule has 0 saturated heterocycles. The summed E-state index contributed by atoms with van der Waals surface area (Å²) in [6.07, 6.45) is 0. The smallest absolute Gasteiger partial charge is 0.257 e. The summed E-state index contributed by atoms with van der Waals surface area (Å²) >= 11 is 5.26. The molecule has 0 fully saturated rings. The minimum Gasteiger partial charge on any atom is -0.454 e. The summed E-state index contributed by atoms with van der Waals surface area (Å²) < 4.78 is 16.4. The van der Waals surface area contributed by atoms with Crippen molar-refractivity contribution >= 4 is 40.0 Å². The Morgan fingerprint density at radius 3 is 2.65 bits per heavy atom. The van der Waals surface area contributed by atoms with Crippen LogP contribution in [0, 0.1) is 6.92 Å². The molecule has 0 aliphatic carbocycles. The Hall–Kier alpha value is -3.91. The van der Waals surface area contributed by atoms with Gasteiger partial charge in [0.15, 0.2) is 22.2 Å². The number of carbonyl (C=O) groups excluding carboxylic acids is 1. The number of aryl methyl sites for hydroxylation is 1. The molecule has 1 aliphatic heterocycles. The zero-order valence-corrected chi connectivity index (χ0v) is 17.3. The molecule has 31 heavy (non-hydrogen) atoms. The molecule has 0 unspecified atom stereocenters. The highest BCUT2D eigenvalue weighted by molar-refractivity contribution is 7.80. The number of anilines is 1. The lowest BCUT2D eigenvalue weighted by atomic mass is 10.2. The van der Waals surface area contributed by atoms with Crippen molar-refractivity contribution < 1.29 is 18.7 Å². The molecule has 1 aliphatic rings. The summed E-state index contributed by atoms with van der Waals surface area (Å²) in [5.74, 6) is 1.36. The first-order valence-electron chi connectivity index (χ1n) is 9.55. The van der Waals surface area contributed by atoms with E-state index < -0.39 is 0 Å². The third kappa shape index (κ3) is 3.93. The van der Waals surface area contributed by atoms with E-state index in [4.69, 9.17) is 26.1 Å². The number of nitrogens with zero attached hydrogens (tertiary/aromatic N) is 1. The van der Waals surface area contributed by atoms with Crippen molar-refractivity contribution in [1.82, 2.24) is 10.3 Å². The molecule has 0 saturated carbocycles. The largest absolute Gasteiger partial charge is 0.454 e.